The molecular formula is C19H28N2O2S. The van der Waals surface area contributed by atoms with Crippen LogP contribution in [0, 0.1) is 0 Å². The number of aromatic nitrogens is 1. The molecule has 1 aliphatic rings. The summed E-state index contributed by atoms with van der Waals surface area (Å²) in [7, 11) is 1.74. The Labute approximate surface area is 148 Å². The second-order valence-electron chi connectivity index (χ2n) is 6.67. The first-order valence-electron chi connectivity index (χ1n) is 9.11. The van der Waals surface area contributed by atoms with Crippen molar-refractivity contribution in [2.75, 3.05) is 33.4 Å². The smallest absolute Gasteiger partial charge is 0.308 e. The molecule has 1 aromatic heterocycles. The Hall–Kier alpha value is -1.17. The van der Waals surface area contributed by atoms with Gasteiger partial charge in [0.15, 0.2) is 0 Å². The average Bonchev–Trinajstić information content (AvgIpc) is 2.75. The number of ether oxygens (including phenoxy) is 1. The van der Waals surface area contributed by atoms with E-state index in [1.54, 1.807) is 7.11 Å². The summed E-state index contributed by atoms with van der Waals surface area (Å²) in [5, 5.41) is 0. The first-order chi connectivity index (χ1) is 11.8. The summed E-state index contributed by atoms with van der Waals surface area (Å²) in [6.45, 7) is 4.94. The van der Waals surface area contributed by atoms with Gasteiger partial charge in [-0.1, -0.05) is 30.2 Å². The number of methoxy groups -OCH3 is 1. The van der Waals surface area contributed by atoms with E-state index in [1.165, 1.54) is 55.7 Å². The van der Waals surface area contributed by atoms with Gasteiger partial charge in [0.1, 0.15) is 0 Å². The van der Waals surface area contributed by atoms with Crippen LogP contribution in [0.3, 0.4) is 0 Å². The molecule has 1 saturated heterocycles. The van der Waals surface area contributed by atoms with Gasteiger partial charge < -0.3 is 9.64 Å². The highest BCUT2D eigenvalue weighted by Crippen LogP contribution is 2.20. The molecule has 0 amide bonds. The summed E-state index contributed by atoms with van der Waals surface area (Å²) in [6.07, 6.45) is 7.32. The summed E-state index contributed by atoms with van der Waals surface area (Å²) >= 11 is 1.38. The molecule has 0 atom stereocenters. The zero-order valence-corrected chi connectivity index (χ0v) is 15.4. The summed E-state index contributed by atoms with van der Waals surface area (Å²) < 4.78 is 8.20. The van der Waals surface area contributed by atoms with Crippen LogP contribution in [0.25, 0.3) is 10.2 Å². The normalized spacial score (nSPS) is 16.5. The zero-order valence-electron chi connectivity index (χ0n) is 14.6. The number of benzene rings is 1. The van der Waals surface area contributed by atoms with Gasteiger partial charge in [-0.3, -0.25) is 9.36 Å². The molecule has 0 unspecified atom stereocenters. The lowest BCUT2D eigenvalue weighted by molar-refractivity contribution is 0.195. The Morgan fingerprint density at radius 3 is 2.67 bits per heavy atom. The molecule has 0 saturated carbocycles. The topological polar surface area (TPSA) is 34.5 Å². The van der Waals surface area contributed by atoms with Gasteiger partial charge in [-0.05, 0) is 56.5 Å². The maximum absolute atomic E-state index is 12.4. The minimum atomic E-state index is 0.175. The van der Waals surface area contributed by atoms with E-state index < -0.39 is 0 Å². The second kappa shape index (κ2) is 8.79. The number of likely N-dealkylation sites (tertiary alicyclic amines) is 1. The van der Waals surface area contributed by atoms with Crippen molar-refractivity contribution in [1.29, 1.82) is 0 Å². The van der Waals surface area contributed by atoms with E-state index in [0.29, 0.717) is 0 Å². The van der Waals surface area contributed by atoms with E-state index in [-0.39, 0.29) is 4.87 Å². The van der Waals surface area contributed by atoms with E-state index in [2.05, 4.69) is 23.1 Å². The Morgan fingerprint density at radius 1 is 1.12 bits per heavy atom. The molecule has 0 aliphatic carbocycles. The van der Waals surface area contributed by atoms with Crippen molar-refractivity contribution in [1.82, 2.24) is 9.47 Å². The fraction of sp³-hybridized carbons (Fsp3) is 0.632. The molecular weight excluding hydrogens is 320 g/mol. The van der Waals surface area contributed by atoms with Crippen molar-refractivity contribution in [2.45, 2.75) is 45.1 Å². The van der Waals surface area contributed by atoms with E-state index in [9.17, 15) is 4.79 Å². The number of rotatable bonds is 7. The lowest BCUT2D eigenvalue weighted by Gasteiger charge is -2.19. The third kappa shape index (κ3) is 4.47. The zero-order chi connectivity index (χ0) is 16.8. The van der Waals surface area contributed by atoms with Crippen LogP contribution >= 0.6 is 11.3 Å². The predicted molar refractivity (Wildman–Crippen MR) is 101 cm³/mol. The van der Waals surface area contributed by atoms with Crippen LogP contribution in [0.4, 0.5) is 0 Å². The molecule has 0 N–H and O–H groups in total. The standard InChI is InChI=1S/C19H28N2O2S/c1-23-14-6-7-16-8-9-17-18(15-16)24-19(22)21(17)13-12-20-10-4-2-3-5-11-20/h8-9,15H,2-7,10-14H2,1H3. The van der Waals surface area contributed by atoms with E-state index >= 15 is 0 Å². The van der Waals surface area contributed by atoms with Gasteiger partial charge in [-0.15, -0.1) is 0 Å². The molecule has 1 aliphatic heterocycles. The Morgan fingerprint density at radius 2 is 1.92 bits per heavy atom. The molecule has 0 bridgehead atoms. The molecule has 0 spiro atoms. The Kier molecular flexibility index (Phi) is 6.46. The first kappa shape index (κ1) is 17.6. The van der Waals surface area contributed by atoms with Gasteiger partial charge in [-0.25, -0.2) is 0 Å². The molecule has 0 radical (unpaired) electrons. The maximum atomic E-state index is 12.4. The lowest BCUT2D eigenvalue weighted by atomic mass is 10.1. The molecule has 1 fully saturated rings. The van der Waals surface area contributed by atoms with Crippen molar-refractivity contribution in [3.05, 3.63) is 33.4 Å². The second-order valence-corrected chi connectivity index (χ2v) is 7.67. The number of fused-ring (bicyclic) bond motifs is 1. The summed E-state index contributed by atoms with van der Waals surface area (Å²) in [5.74, 6) is 0. The minimum absolute atomic E-state index is 0.175. The molecule has 4 nitrogen and oxygen atoms in total. The van der Waals surface area contributed by atoms with Crippen LogP contribution in [-0.4, -0.2) is 42.8 Å². The van der Waals surface area contributed by atoms with E-state index in [4.69, 9.17) is 4.74 Å². The third-order valence-corrected chi connectivity index (χ3v) is 5.83. The fourth-order valence-electron chi connectivity index (χ4n) is 3.50. The van der Waals surface area contributed by atoms with E-state index in [0.717, 1.165) is 42.8 Å². The van der Waals surface area contributed by atoms with Gasteiger partial charge in [0, 0.05) is 26.8 Å². The largest absolute Gasteiger partial charge is 0.385 e. The number of nitrogens with zero attached hydrogens (tertiary/aromatic N) is 2. The SMILES string of the molecule is COCCCc1ccc2c(c1)sc(=O)n2CCN1CCCCCC1. The Bertz CT molecular complexity index is 699. The number of aryl methyl sites for hydroxylation is 1. The van der Waals surface area contributed by atoms with E-state index in [1.807, 2.05) is 4.57 Å². The van der Waals surface area contributed by atoms with Gasteiger partial charge in [-0.2, -0.15) is 0 Å². The number of thiazole rings is 1. The number of hydrogen-bond donors (Lipinski definition) is 0. The summed E-state index contributed by atoms with van der Waals surface area (Å²) in [6, 6.07) is 6.46. The first-order valence-corrected chi connectivity index (χ1v) is 9.93. The van der Waals surface area contributed by atoms with Crippen molar-refractivity contribution < 1.29 is 4.74 Å². The van der Waals surface area contributed by atoms with Crippen LogP contribution in [0.5, 0.6) is 0 Å². The van der Waals surface area contributed by atoms with Crippen LogP contribution in [0.2, 0.25) is 0 Å². The number of hydrogen-bond acceptors (Lipinski definition) is 4. The molecule has 3 rings (SSSR count). The van der Waals surface area contributed by atoms with Crippen molar-refractivity contribution in [3.8, 4) is 0 Å². The molecule has 132 valence electrons. The highest BCUT2D eigenvalue weighted by Gasteiger charge is 2.12. The van der Waals surface area contributed by atoms with Gasteiger partial charge in [0.25, 0.3) is 0 Å². The highest BCUT2D eigenvalue weighted by molar-refractivity contribution is 7.16. The van der Waals surface area contributed by atoms with Gasteiger partial charge in [0.05, 0.1) is 10.2 Å². The quantitative estimate of drug-likeness (QED) is 0.718. The van der Waals surface area contributed by atoms with Crippen molar-refractivity contribution in [3.63, 3.8) is 0 Å². The molecule has 1 aromatic carbocycles. The molecule has 2 heterocycles. The predicted octanol–water partition coefficient (Wildman–Crippen LogP) is 3.52. The fourth-order valence-corrected chi connectivity index (χ4v) is 4.48. The maximum Gasteiger partial charge on any atom is 0.308 e. The van der Waals surface area contributed by atoms with Crippen LogP contribution < -0.4 is 4.87 Å². The molecule has 24 heavy (non-hydrogen) atoms. The van der Waals surface area contributed by atoms with Crippen LogP contribution in [0.15, 0.2) is 23.0 Å². The van der Waals surface area contributed by atoms with Gasteiger partial charge >= 0.3 is 4.87 Å². The molecule has 2 aromatic rings. The average molecular weight is 349 g/mol. The van der Waals surface area contributed by atoms with Crippen LogP contribution in [0.1, 0.15) is 37.7 Å². The third-order valence-electron chi connectivity index (χ3n) is 4.89. The highest BCUT2D eigenvalue weighted by atomic mass is 32.1. The minimum Gasteiger partial charge on any atom is -0.385 e. The molecule has 5 heteroatoms. The van der Waals surface area contributed by atoms with Crippen molar-refractivity contribution in [2.24, 2.45) is 0 Å². The monoisotopic (exact) mass is 348 g/mol. The lowest BCUT2D eigenvalue weighted by Crippen LogP contribution is -2.30. The Balaban J connectivity index is 1.68. The summed E-state index contributed by atoms with van der Waals surface area (Å²) in [5.41, 5.74) is 2.38. The van der Waals surface area contributed by atoms with Crippen molar-refractivity contribution >= 4 is 21.6 Å². The van der Waals surface area contributed by atoms with Gasteiger partial charge in [0.2, 0.25) is 0 Å². The summed E-state index contributed by atoms with van der Waals surface area (Å²) in [4.78, 5) is 15.1. The van der Waals surface area contributed by atoms with Crippen LogP contribution in [-0.2, 0) is 17.7 Å².